The summed E-state index contributed by atoms with van der Waals surface area (Å²) in [7, 11) is 2.12. The summed E-state index contributed by atoms with van der Waals surface area (Å²) in [5.41, 5.74) is 1.02. The van der Waals surface area contributed by atoms with Gasteiger partial charge in [-0.05, 0) is 38.8 Å². The maximum atomic E-state index is 10.0. The summed E-state index contributed by atoms with van der Waals surface area (Å²) in [6.45, 7) is 3.99. The van der Waals surface area contributed by atoms with Crippen molar-refractivity contribution < 1.29 is 9.84 Å². The van der Waals surface area contributed by atoms with Gasteiger partial charge in [0.15, 0.2) is 0 Å². The smallest absolute Gasteiger partial charge is 0.120 e. The fraction of sp³-hybridized carbons (Fsp3) is 0.625. The quantitative estimate of drug-likeness (QED) is 0.884. The lowest BCUT2D eigenvalue weighted by molar-refractivity contribution is -0.00882. The molecule has 2 rings (SSSR count). The van der Waals surface area contributed by atoms with Gasteiger partial charge in [-0.3, -0.25) is 4.90 Å². The highest BCUT2D eigenvalue weighted by atomic mass is 16.5. The van der Waals surface area contributed by atoms with Gasteiger partial charge in [-0.1, -0.05) is 25.1 Å². The fourth-order valence-electron chi connectivity index (χ4n) is 2.94. The van der Waals surface area contributed by atoms with Crippen LogP contribution in [0.15, 0.2) is 24.3 Å². The van der Waals surface area contributed by atoms with E-state index >= 15 is 0 Å². The number of hydrogen-bond donors (Lipinski definition) is 1. The van der Waals surface area contributed by atoms with Crippen LogP contribution >= 0.6 is 0 Å². The van der Waals surface area contributed by atoms with E-state index in [1.54, 1.807) is 6.07 Å². The molecule has 0 radical (unpaired) electrons. The number of ether oxygens (including phenoxy) is 1. The topological polar surface area (TPSA) is 32.7 Å². The molecule has 2 unspecified atom stereocenters. The van der Waals surface area contributed by atoms with Gasteiger partial charge in [0.1, 0.15) is 5.75 Å². The molecule has 1 N–H and O–H groups in total. The third kappa shape index (κ3) is 3.71. The fourth-order valence-corrected chi connectivity index (χ4v) is 2.94. The largest absolute Gasteiger partial charge is 0.508 e. The van der Waals surface area contributed by atoms with Gasteiger partial charge in [0.2, 0.25) is 0 Å². The van der Waals surface area contributed by atoms with Crippen molar-refractivity contribution in [3.05, 3.63) is 29.8 Å². The van der Waals surface area contributed by atoms with Crippen molar-refractivity contribution in [3.8, 4) is 5.75 Å². The van der Waals surface area contributed by atoms with Crippen molar-refractivity contribution >= 4 is 0 Å². The molecule has 1 saturated heterocycles. The molecular formula is C16H25NO2. The normalized spacial score (nSPS) is 21.5. The van der Waals surface area contributed by atoms with E-state index in [-0.39, 0.29) is 6.04 Å². The zero-order chi connectivity index (χ0) is 13.7. The number of para-hydroxylation sites is 1. The second-order valence-electron chi connectivity index (χ2n) is 5.41. The van der Waals surface area contributed by atoms with Crippen molar-refractivity contribution in [2.75, 3.05) is 20.2 Å². The Hall–Kier alpha value is -1.06. The average molecular weight is 263 g/mol. The summed E-state index contributed by atoms with van der Waals surface area (Å²) < 4.78 is 5.81. The Morgan fingerprint density at radius 2 is 2.16 bits per heavy atom. The van der Waals surface area contributed by atoms with Crippen LogP contribution in [0.4, 0.5) is 0 Å². The maximum absolute atomic E-state index is 10.0. The van der Waals surface area contributed by atoms with E-state index in [1.165, 1.54) is 12.8 Å². The molecule has 0 bridgehead atoms. The minimum atomic E-state index is 0.256. The molecule has 0 amide bonds. The Labute approximate surface area is 116 Å². The van der Waals surface area contributed by atoms with Crippen LogP contribution in [-0.2, 0) is 4.74 Å². The highest BCUT2D eigenvalue weighted by Gasteiger charge is 2.22. The number of nitrogens with zero attached hydrogens (tertiary/aromatic N) is 1. The van der Waals surface area contributed by atoms with Crippen LogP contribution in [-0.4, -0.2) is 36.3 Å². The summed E-state index contributed by atoms with van der Waals surface area (Å²) in [4.78, 5) is 2.31. The van der Waals surface area contributed by atoms with Gasteiger partial charge in [-0.25, -0.2) is 0 Å². The molecule has 1 aliphatic heterocycles. The SMILES string of the molecule is CCC(c1ccccc1O)N(C)CC1CCCCO1. The van der Waals surface area contributed by atoms with Crippen molar-refractivity contribution in [2.45, 2.75) is 44.8 Å². The summed E-state index contributed by atoms with van der Waals surface area (Å²) >= 11 is 0. The second kappa shape index (κ2) is 6.92. The lowest BCUT2D eigenvalue weighted by atomic mass is 10.0. The number of benzene rings is 1. The number of likely N-dealkylation sites (N-methyl/N-ethyl adjacent to an activating group) is 1. The number of aromatic hydroxyl groups is 1. The molecule has 106 valence electrons. The summed E-state index contributed by atoms with van der Waals surface area (Å²) in [6.07, 6.45) is 4.95. The standard InChI is InChI=1S/C16H25NO2/c1-3-15(14-9-4-5-10-16(14)18)17(2)12-13-8-6-7-11-19-13/h4-5,9-10,13,15,18H,3,6-8,11-12H2,1-2H3. The first-order valence-corrected chi connectivity index (χ1v) is 7.32. The summed E-state index contributed by atoms with van der Waals surface area (Å²) in [6, 6.07) is 7.90. The van der Waals surface area contributed by atoms with Crippen molar-refractivity contribution in [3.63, 3.8) is 0 Å². The molecule has 1 aliphatic rings. The van der Waals surface area contributed by atoms with Gasteiger partial charge >= 0.3 is 0 Å². The molecule has 2 atom stereocenters. The average Bonchev–Trinajstić information content (AvgIpc) is 2.43. The van der Waals surface area contributed by atoms with Crippen LogP contribution in [0, 0.1) is 0 Å². The Morgan fingerprint density at radius 3 is 2.79 bits per heavy atom. The van der Waals surface area contributed by atoms with E-state index in [1.807, 2.05) is 18.2 Å². The first-order valence-electron chi connectivity index (χ1n) is 7.32. The van der Waals surface area contributed by atoms with Gasteiger partial charge in [-0.2, -0.15) is 0 Å². The Balaban J connectivity index is 2.02. The third-order valence-electron chi connectivity index (χ3n) is 3.98. The minimum absolute atomic E-state index is 0.256. The molecule has 0 spiro atoms. The van der Waals surface area contributed by atoms with Crippen molar-refractivity contribution in [2.24, 2.45) is 0 Å². The van der Waals surface area contributed by atoms with Crippen LogP contribution in [0.2, 0.25) is 0 Å². The number of hydrogen-bond acceptors (Lipinski definition) is 3. The zero-order valence-electron chi connectivity index (χ0n) is 12.0. The molecule has 1 aromatic rings. The van der Waals surface area contributed by atoms with Gasteiger partial charge in [0, 0.05) is 24.8 Å². The Morgan fingerprint density at radius 1 is 1.37 bits per heavy atom. The molecule has 3 nitrogen and oxygen atoms in total. The first-order chi connectivity index (χ1) is 9.22. The van der Waals surface area contributed by atoms with Crippen molar-refractivity contribution in [1.29, 1.82) is 0 Å². The lowest BCUT2D eigenvalue weighted by Crippen LogP contribution is -2.35. The van der Waals surface area contributed by atoms with Crippen LogP contribution in [0.25, 0.3) is 0 Å². The Kier molecular flexibility index (Phi) is 5.23. The predicted molar refractivity (Wildman–Crippen MR) is 77.4 cm³/mol. The molecular weight excluding hydrogens is 238 g/mol. The van der Waals surface area contributed by atoms with Gasteiger partial charge in [0.05, 0.1) is 6.10 Å². The molecule has 0 aromatic heterocycles. The highest BCUT2D eigenvalue weighted by molar-refractivity contribution is 5.34. The molecule has 1 fully saturated rings. The minimum Gasteiger partial charge on any atom is -0.508 e. The first kappa shape index (κ1) is 14.4. The molecule has 3 heteroatoms. The van der Waals surface area contributed by atoms with E-state index in [4.69, 9.17) is 4.74 Å². The highest BCUT2D eigenvalue weighted by Crippen LogP contribution is 2.30. The zero-order valence-corrected chi connectivity index (χ0v) is 12.0. The van der Waals surface area contributed by atoms with Gasteiger partial charge < -0.3 is 9.84 Å². The van der Waals surface area contributed by atoms with Crippen LogP contribution in [0.1, 0.15) is 44.2 Å². The van der Waals surface area contributed by atoms with E-state index in [0.717, 1.165) is 31.6 Å². The number of phenolic OH excluding ortho intramolecular Hbond substituents is 1. The molecule has 19 heavy (non-hydrogen) atoms. The Bertz CT molecular complexity index is 388. The maximum Gasteiger partial charge on any atom is 0.120 e. The molecule has 1 heterocycles. The van der Waals surface area contributed by atoms with Gasteiger partial charge in [0.25, 0.3) is 0 Å². The predicted octanol–water partition coefficient (Wildman–Crippen LogP) is 3.34. The van der Waals surface area contributed by atoms with Crippen LogP contribution in [0.5, 0.6) is 5.75 Å². The van der Waals surface area contributed by atoms with Crippen LogP contribution < -0.4 is 0 Å². The van der Waals surface area contributed by atoms with Gasteiger partial charge in [-0.15, -0.1) is 0 Å². The van der Waals surface area contributed by atoms with E-state index in [2.05, 4.69) is 18.9 Å². The molecule has 1 aromatic carbocycles. The second-order valence-corrected chi connectivity index (χ2v) is 5.41. The monoisotopic (exact) mass is 263 g/mol. The third-order valence-corrected chi connectivity index (χ3v) is 3.98. The lowest BCUT2D eigenvalue weighted by Gasteiger charge is -2.33. The summed E-state index contributed by atoms with van der Waals surface area (Å²) in [5.74, 6) is 0.394. The van der Waals surface area contributed by atoms with E-state index < -0.39 is 0 Å². The van der Waals surface area contributed by atoms with Crippen molar-refractivity contribution in [1.82, 2.24) is 4.90 Å². The number of rotatable bonds is 5. The molecule has 0 saturated carbocycles. The number of phenols is 1. The van der Waals surface area contributed by atoms with Crippen LogP contribution in [0.3, 0.4) is 0 Å². The van der Waals surface area contributed by atoms with E-state index in [0.29, 0.717) is 11.9 Å². The van der Waals surface area contributed by atoms with E-state index in [9.17, 15) is 5.11 Å². The molecule has 0 aliphatic carbocycles. The summed E-state index contributed by atoms with van der Waals surface area (Å²) in [5, 5.41) is 10.0.